The number of benzene rings is 4. The van der Waals surface area contributed by atoms with E-state index in [0.717, 1.165) is 27.8 Å². The smallest absolute Gasteiger partial charge is 0.272 e. The van der Waals surface area contributed by atoms with Gasteiger partial charge in [-0.3, -0.25) is 0 Å². The minimum atomic E-state index is -3.16. The maximum absolute atomic E-state index is 17.1. The van der Waals surface area contributed by atoms with Gasteiger partial charge in [-0.1, -0.05) is 144 Å². The van der Waals surface area contributed by atoms with Gasteiger partial charge in [0.2, 0.25) is 0 Å². The molecule has 4 aromatic carbocycles. The lowest BCUT2D eigenvalue weighted by atomic mass is 9.65. The minimum absolute atomic E-state index is 0.174. The zero-order valence-corrected chi connectivity index (χ0v) is 27.1. The van der Waals surface area contributed by atoms with Crippen LogP contribution >= 0.6 is 27.5 Å². The Balaban J connectivity index is 1.59. The Morgan fingerprint density at radius 1 is 0.791 bits per heavy atom. The average Bonchev–Trinajstić information content (AvgIpc) is 3.01. The quantitative estimate of drug-likeness (QED) is 0.157. The van der Waals surface area contributed by atoms with E-state index in [1.54, 1.807) is 12.1 Å². The standard InChI is InChI=1S/C37H38BrClF2O2/c1-4-32-26(3)34(42-23-28-11-7-5-8-12-28)35(43-24-29-13-9-6-10-14-29)36(38,37(32,40)41)31-19-20-33(39)30(22-31)21-27-17-15-25(2)16-18-27/h5-20,22,26,32,34-35H,4,21,23-24H2,1-3H3/t26-,32-,34+,35-,36?/m1/s1. The summed E-state index contributed by atoms with van der Waals surface area (Å²) < 4.78 is 45.4. The van der Waals surface area contributed by atoms with Crippen LogP contribution in [0.25, 0.3) is 0 Å². The van der Waals surface area contributed by atoms with Crippen molar-refractivity contribution in [3.05, 3.63) is 142 Å². The van der Waals surface area contributed by atoms with Gasteiger partial charge < -0.3 is 9.47 Å². The molecule has 0 bridgehead atoms. The summed E-state index contributed by atoms with van der Waals surface area (Å²) in [6.07, 6.45) is -0.789. The Labute approximate surface area is 267 Å². The maximum atomic E-state index is 17.1. The summed E-state index contributed by atoms with van der Waals surface area (Å²) in [4.78, 5) is 0. The lowest BCUT2D eigenvalue weighted by Gasteiger charge is -2.55. The van der Waals surface area contributed by atoms with Gasteiger partial charge >= 0.3 is 0 Å². The molecule has 0 spiro atoms. The van der Waals surface area contributed by atoms with E-state index in [1.165, 1.54) is 0 Å². The molecule has 0 aliphatic heterocycles. The number of aryl methyl sites for hydroxylation is 1. The van der Waals surface area contributed by atoms with Gasteiger partial charge in [0.05, 0.1) is 19.3 Å². The van der Waals surface area contributed by atoms with Crippen LogP contribution in [0.4, 0.5) is 8.78 Å². The van der Waals surface area contributed by atoms with E-state index in [1.807, 2.05) is 112 Å². The van der Waals surface area contributed by atoms with Crippen molar-refractivity contribution in [2.45, 2.75) is 69.3 Å². The Kier molecular flexibility index (Phi) is 10.1. The Morgan fingerprint density at radius 2 is 1.37 bits per heavy atom. The van der Waals surface area contributed by atoms with Gasteiger partial charge in [-0.05, 0) is 59.6 Å². The molecule has 5 rings (SSSR count). The molecule has 0 aromatic heterocycles. The lowest BCUT2D eigenvalue weighted by Crippen LogP contribution is -2.66. The fraction of sp³-hybridized carbons (Fsp3) is 0.351. The molecule has 4 aromatic rings. The minimum Gasteiger partial charge on any atom is -0.370 e. The van der Waals surface area contributed by atoms with E-state index in [4.69, 9.17) is 21.1 Å². The topological polar surface area (TPSA) is 18.5 Å². The van der Waals surface area contributed by atoms with Gasteiger partial charge in [-0.25, -0.2) is 8.78 Å². The van der Waals surface area contributed by atoms with Gasteiger partial charge in [0.15, 0.2) is 0 Å². The number of hydrogen-bond donors (Lipinski definition) is 0. The van der Waals surface area contributed by atoms with Crippen molar-refractivity contribution in [2.75, 3.05) is 0 Å². The molecule has 0 saturated heterocycles. The van der Waals surface area contributed by atoms with Gasteiger partial charge in [-0.15, -0.1) is 0 Å². The zero-order chi connectivity index (χ0) is 30.6. The van der Waals surface area contributed by atoms with Crippen LogP contribution in [-0.2, 0) is 33.4 Å². The second kappa shape index (κ2) is 13.6. The van der Waals surface area contributed by atoms with E-state index < -0.39 is 34.3 Å². The van der Waals surface area contributed by atoms with Gasteiger partial charge in [0.1, 0.15) is 10.4 Å². The van der Waals surface area contributed by atoms with Crippen molar-refractivity contribution in [1.82, 2.24) is 0 Å². The predicted molar refractivity (Wildman–Crippen MR) is 174 cm³/mol. The van der Waals surface area contributed by atoms with Crippen LogP contribution in [0.3, 0.4) is 0 Å². The first-order valence-electron chi connectivity index (χ1n) is 14.9. The van der Waals surface area contributed by atoms with E-state index in [2.05, 4.69) is 15.9 Å². The van der Waals surface area contributed by atoms with Crippen molar-refractivity contribution in [1.29, 1.82) is 0 Å². The zero-order valence-electron chi connectivity index (χ0n) is 24.8. The van der Waals surface area contributed by atoms with Gasteiger partial charge in [-0.2, -0.15) is 0 Å². The van der Waals surface area contributed by atoms with E-state index in [-0.39, 0.29) is 6.61 Å². The molecule has 0 heterocycles. The summed E-state index contributed by atoms with van der Waals surface area (Å²) in [5.74, 6) is -4.57. The van der Waals surface area contributed by atoms with Crippen LogP contribution in [-0.4, -0.2) is 18.1 Å². The Hall–Kier alpha value is -2.57. The molecular formula is C37H38BrClF2O2. The Bertz CT molecular complexity index is 1480. The average molecular weight is 668 g/mol. The SMILES string of the molecule is CC[C@@H]1[C@@H](C)[C@H](OCc2ccccc2)[C@@H](OCc2ccccc2)C(Br)(c2ccc(Cl)c(Cc3ccc(C)cc3)c2)C1(F)F. The third kappa shape index (κ3) is 6.61. The summed E-state index contributed by atoms with van der Waals surface area (Å²) in [6.45, 7) is 6.20. The van der Waals surface area contributed by atoms with Crippen LogP contribution < -0.4 is 0 Å². The highest BCUT2D eigenvalue weighted by atomic mass is 79.9. The largest absolute Gasteiger partial charge is 0.370 e. The third-order valence-corrected chi connectivity index (χ3v) is 10.6. The van der Waals surface area contributed by atoms with Crippen molar-refractivity contribution in [2.24, 2.45) is 11.8 Å². The van der Waals surface area contributed by atoms with Crippen molar-refractivity contribution < 1.29 is 18.3 Å². The number of halogens is 4. The Morgan fingerprint density at radius 3 is 1.95 bits per heavy atom. The molecule has 1 aliphatic rings. The number of ether oxygens (including phenoxy) is 2. The van der Waals surface area contributed by atoms with E-state index in [0.29, 0.717) is 30.0 Å². The molecule has 0 radical (unpaired) electrons. The summed E-state index contributed by atoms with van der Waals surface area (Å²) in [5.41, 5.74) is 5.32. The fourth-order valence-electron chi connectivity index (χ4n) is 6.34. The molecule has 226 valence electrons. The molecule has 6 heteroatoms. The third-order valence-electron chi connectivity index (χ3n) is 8.77. The summed E-state index contributed by atoms with van der Waals surface area (Å²) in [5, 5.41) is 0.540. The van der Waals surface area contributed by atoms with E-state index in [9.17, 15) is 0 Å². The maximum Gasteiger partial charge on any atom is 0.272 e. The molecule has 43 heavy (non-hydrogen) atoms. The first-order chi connectivity index (χ1) is 20.6. The molecule has 1 aliphatic carbocycles. The monoisotopic (exact) mass is 666 g/mol. The molecule has 1 fully saturated rings. The van der Waals surface area contributed by atoms with Crippen molar-refractivity contribution >= 4 is 27.5 Å². The highest BCUT2D eigenvalue weighted by Crippen LogP contribution is 2.61. The molecule has 1 unspecified atom stereocenters. The molecule has 0 N–H and O–H groups in total. The highest BCUT2D eigenvalue weighted by molar-refractivity contribution is 9.09. The van der Waals surface area contributed by atoms with Crippen molar-refractivity contribution in [3.63, 3.8) is 0 Å². The van der Waals surface area contributed by atoms with Crippen molar-refractivity contribution in [3.8, 4) is 0 Å². The second-order valence-corrected chi connectivity index (χ2v) is 13.3. The normalized spacial score (nSPS) is 25.0. The van der Waals surface area contributed by atoms with Crippen LogP contribution in [0.15, 0.2) is 103 Å². The second-order valence-electron chi connectivity index (χ2n) is 11.7. The molecular weight excluding hydrogens is 630 g/mol. The van der Waals surface area contributed by atoms with Crippen LogP contribution in [0, 0.1) is 18.8 Å². The first-order valence-corrected chi connectivity index (χ1v) is 16.0. The number of hydrogen-bond acceptors (Lipinski definition) is 2. The summed E-state index contributed by atoms with van der Waals surface area (Å²) >= 11 is 10.4. The number of rotatable bonds is 10. The highest BCUT2D eigenvalue weighted by Gasteiger charge is 2.69. The van der Waals surface area contributed by atoms with Crippen LogP contribution in [0.1, 0.15) is 53.6 Å². The summed E-state index contributed by atoms with van der Waals surface area (Å²) in [6, 6.07) is 32.9. The fourth-order valence-corrected chi connectivity index (χ4v) is 7.46. The molecule has 5 atom stereocenters. The predicted octanol–water partition coefficient (Wildman–Crippen LogP) is 10.3. The van der Waals surface area contributed by atoms with E-state index >= 15 is 8.78 Å². The first kappa shape index (κ1) is 31.8. The molecule has 2 nitrogen and oxygen atoms in total. The van der Waals surface area contributed by atoms with Gasteiger partial charge in [0, 0.05) is 10.9 Å². The lowest BCUT2D eigenvalue weighted by molar-refractivity contribution is -0.240. The molecule has 0 amide bonds. The van der Waals surface area contributed by atoms with Crippen LogP contribution in [0.5, 0.6) is 0 Å². The van der Waals surface area contributed by atoms with Gasteiger partial charge in [0.25, 0.3) is 5.92 Å². The number of alkyl halides is 3. The summed E-state index contributed by atoms with van der Waals surface area (Å²) in [7, 11) is 0. The molecule has 1 saturated carbocycles. The van der Waals surface area contributed by atoms with Crippen LogP contribution in [0.2, 0.25) is 5.02 Å².